The topological polar surface area (TPSA) is 59.6 Å². The number of benzene rings is 2. The van der Waals surface area contributed by atoms with Gasteiger partial charge in [-0.2, -0.15) is 0 Å². The molecule has 2 aromatic carbocycles. The van der Waals surface area contributed by atoms with Gasteiger partial charge in [0, 0.05) is 26.6 Å². The number of hydrogen-bond acceptors (Lipinski definition) is 4. The van der Waals surface area contributed by atoms with Crippen molar-refractivity contribution in [1.29, 1.82) is 0 Å². The number of rotatable bonds is 9. The molecular weight excluding hydrogens is 491 g/mol. The third kappa shape index (κ3) is 7.99. The molecule has 164 valence electrons. The summed E-state index contributed by atoms with van der Waals surface area (Å²) in [7, 11) is 1.57. The van der Waals surface area contributed by atoms with Gasteiger partial charge in [-0.1, -0.05) is 45.2 Å². The van der Waals surface area contributed by atoms with Crippen LogP contribution in [0.2, 0.25) is 10.0 Å². The van der Waals surface area contributed by atoms with Crippen molar-refractivity contribution in [2.75, 3.05) is 20.3 Å². The molecule has 0 atom stereocenters. The van der Waals surface area contributed by atoms with E-state index in [1.807, 2.05) is 45.0 Å². The van der Waals surface area contributed by atoms with Crippen LogP contribution in [0.1, 0.15) is 31.9 Å². The van der Waals surface area contributed by atoms with Crippen LogP contribution in [-0.4, -0.2) is 31.7 Å². The first-order chi connectivity index (χ1) is 14.1. The van der Waals surface area contributed by atoms with Crippen LogP contribution < -0.4 is 20.1 Å². The summed E-state index contributed by atoms with van der Waals surface area (Å²) >= 11 is 15.7. The maximum absolute atomic E-state index is 12.0. The Morgan fingerprint density at radius 2 is 1.83 bits per heavy atom. The van der Waals surface area contributed by atoms with Crippen molar-refractivity contribution in [3.8, 4) is 11.5 Å². The third-order valence-electron chi connectivity index (χ3n) is 4.11. The van der Waals surface area contributed by atoms with Crippen LogP contribution in [0, 0.1) is 0 Å². The number of amides is 1. The van der Waals surface area contributed by atoms with E-state index in [1.54, 1.807) is 13.2 Å². The van der Waals surface area contributed by atoms with Gasteiger partial charge in [-0.15, -0.1) is 0 Å². The Kier molecular flexibility index (Phi) is 9.29. The van der Waals surface area contributed by atoms with E-state index < -0.39 is 0 Å². The first-order valence-electron chi connectivity index (χ1n) is 9.54. The minimum atomic E-state index is -0.309. The summed E-state index contributed by atoms with van der Waals surface area (Å²) in [4.78, 5) is 12.0. The monoisotopic (exact) mass is 516 g/mol. The van der Waals surface area contributed by atoms with E-state index in [9.17, 15) is 4.79 Å². The van der Waals surface area contributed by atoms with Gasteiger partial charge in [0.1, 0.15) is 0 Å². The Hall–Kier alpha value is -1.47. The van der Waals surface area contributed by atoms with Gasteiger partial charge in [0.15, 0.2) is 18.1 Å². The summed E-state index contributed by atoms with van der Waals surface area (Å²) < 4.78 is 12.0. The molecule has 2 aromatic rings. The van der Waals surface area contributed by atoms with E-state index in [2.05, 4.69) is 26.6 Å². The van der Waals surface area contributed by atoms with Crippen molar-refractivity contribution in [3.63, 3.8) is 0 Å². The molecule has 8 heteroatoms. The SMILES string of the molecule is COc1cc(CNCCc2ccc(Cl)cc2Cl)c(Br)cc1OCC(=O)NC(C)(C)C. The number of ether oxygens (including phenoxy) is 2. The molecule has 2 rings (SSSR count). The van der Waals surface area contributed by atoms with Gasteiger partial charge in [-0.3, -0.25) is 4.79 Å². The number of carbonyl (C=O) groups is 1. The molecule has 2 N–H and O–H groups in total. The molecule has 0 saturated carbocycles. The summed E-state index contributed by atoms with van der Waals surface area (Å²) in [5, 5.41) is 7.56. The number of methoxy groups -OCH3 is 1. The second kappa shape index (κ2) is 11.2. The average molecular weight is 518 g/mol. The quantitative estimate of drug-likeness (QED) is 0.438. The minimum absolute atomic E-state index is 0.0838. The number of nitrogens with one attached hydrogen (secondary N) is 2. The third-order valence-corrected chi connectivity index (χ3v) is 5.43. The lowest BCUT2D eigenvalue weighted by Gasteiger charge is -2.21. The number of hydrogen-bond donors (Lipinski definition) is 2. The molecular formula is C22H27BrCl2N2O3. The molecule has 0 unspecified atom stereocenters. The minimum Gasteiger partial charge on any atom is -0.493 e. The lowest BCUT2D eigenvalue weighted by atomic mass is 10.1. The molecule has 0 aliphatic carbocycles. The zero-order chi connectivity index (χ0) is 22.3. The van der Waals surface area contributed by atoms with Gasteiger partial charge in [-0.25, -0.2) is 0 Å². The fraction of sp³-hybridized carbons (Fsp3) is 0.409. The fourth-order valence-corrected chi connectivity index (χ4v) is 3.72. The Morgan fingerprint density at radius 1 is 1.10 bits per heavy atom. The predicted molar refractivity (Wildman–Crippen MR) is 126 cm³/mol. The molecule has 0 bridgehead atoms. The van der Waals surface area contributed by atoms with Crippen molar-refractivity contribution in [3.05, 3.63) is 56.0 Å². The average Bonchev–Trinajstić information content (AvgIpc) is 2.64. The lowest BCUT2D eigenvalue weighted by molar-refractivity contribution is -0.124. The van der Waals surface area contributed by atoms with Crippen LogP contribution in [0.5, 0.6) is 11.5 Å². The second-order valence-electron chi connectivity index (χ2n) is 7.84. The molecule has 0 saturated heterocycles. The second-order valence-corrected chi connectivity index (χ2v) is 9.54. The maximum atomic E-state index is 12.0. The summed E-state index contributed by atoms with van der Waals surface area (Å²) in [6.45, 7) is 7.06. The smallest absolute Gasteiger partial charge is 0.258 e. The number of carbonyl (C=O) groups excluding carboxylic acids is 1. The van der Waals surface area contributed by atoms with Gasteiger partial charge in [0.2, 0.25) is 0 Å². The Labute approximate surface area is 196 Å². The standard InChI is InChI=1S/C22H27BrCl2N2O3/c1-22(2,3)27-21(28)13-30-20-11-17(23)15(9-19(20)29-4)12-26-8-7-14-5-6-16(24)10-18(14)25/h5-6,9-11,26H,7-8,12-13H2,1-4H3,(H,27,28). The van der Waals surface area contributed by atoms with Crippen molar-refractivity contribution < 1.29 is 14.3 Å². The van der Waals surface area contributed by atoms with Gasteiger partial charge >= 0.3 is 0 Å². The Balaban J connectivity index is 1.93. The van der Waals surface area contributed by atoms with Gasteiger partial charge in [0.05, 0.1) is 7.11 Å². The van der Waals surface area contributed by atoms with Crippen LogP contribution in [0.4, 0.5) is 0 Å². The normalized spacial score (nSPS) is 11.3. The molecule has 30 heavy (non-hydrogen) atoms. The van der Waals surface area contributed by atoms with Crippen LogP contribution in [0.25, 0.3) is 0 Å². The molecule has 0 heterocycles. The number of halogens is 3. The predicted octanol–water partition coefficient (Wildman–Crippen LogP) is 5.39. The largest absolute Gasteiger partial charge is 0.493 e. The van der Waals surface area contributed by atoms with Crippen LogP contribution in [0.3, 0.4) is 0 Å². The van der Waals surface area contributed by atoms with Gasteiger partial charge in [0.25, 0.3) is 5.91 Å². The molecule has 0 spiro atoms. The van der Waals surface area contributed by atoms with Crippen molar-refractivity contribution in [2.45, 2.75) is 39.3 Å². The summed E-state index contributed by atoms with van der Waals surface area (Å²) in [6, 6.07) is 9.23. The van der Waals surface area contributed by atoms with E-state index >= 15 is 0 Å². The molecule has 0 fully saturated rings. The molecule has 0 radical (unpaired) electrons. The summed E-state index contributed by atoms with van der Waals surface area (Å²) in [5.41, 5.74) is 1.75. The summed E-state index contributed by atoms with van der Waals surface area (Å²) in [6.07, 6.45) is 0.787. The van der Waals surface area contributed by atoms with E-state index in [4.69, 9.17) is 32.7 Å². The van der Waals surface area contributed by atoms with E-state index in [0.29, 0.717) is 28.1 Å². The first kappa shape index (κ1) is 24.8. The van der Waals surface area contributed by atoms with Gasteiger partial charge in [-0.05, 0) is 69.1 Å². The van der Waals surface area contributed by atoms with Crippen LogP contribution >= 0.6 is 39.1 Å². The fourth-order valence-electron chi connectivity index (χ4n) is 2.75. The zero-order valence-corrected chi connectivity index (χ0v) is 20.7. The van der Waals surface area contributed by atoms with Gasteiger partial charge < -0.3 is 20.1 Å². The van der Waals surface area contributed by atoms with Crippen LogP contribution in [0.15, 0.2) is 34.8 Å². The van der Waals surface area contributed by atoms with E-state index in [1.165, 1.54) is 0 Å². The van der Waals surface area contributed by atoms with E-state index in [-0.39, 0.29) is 18.1 Å². The molecule has 0 aromatic heterocycles. The zero-order valence-electron chi connectivity index (χ0n) is 17.6. The van der Waals surface area contributed by atoms with Crippen LogP contribution in [-0.2, 0) is 17.8 Å². The van der Waals surface area contributed by atoms with Crippen molar-refractivity contribution in [1.82, 2.24) is 10.6 Å². The van der Waals surface area contributed by atoms with Crippen molar-refractivity contribution >= 4 is 45.0 Å². The van der Waals surface area contributed by atoms with Crippen molar-refractivity contribution in [2.24, 2.45) is 0 Å². The maximum Gasteiger partial charge on any atom is 0.258 e. The van der Waals surface area contributed by atoms with E-state index in [0.717, 1.165) is 28.6 Å². The summed E-state index contributed by atoms with van der Waals surface area (Å²) in [5.74, 6) is 0.886. The Bertz CT molecular complexity index is 885. The molecule has 1 amide bonds. The molecule has 0 aliphatic heterocycles. The highest BCUT2D eigenvalue weighted by molar-refractivity contribution is 9.10. The highest BCUT2D eigenvalue weighted by atomic mass is 79.9. The molecule has 5 nitrogen and oxygen atoms in total. The highest BCUT2D eigenvalue weighted by Gasteiger charge is 2.16. The Morgan fingerprint density at radius 3 is 2.47 bits per heavy atom. The lowest BCUT2D eigenvalue weighted by Crippen LogP contribution is -2.43. The first-order valence-corrected chi connectivity index (χ1v) is 11.1. The highest BCUT2D eigenvalue weighted by Crippen LogP contribution is 2.33. The molecule has 0 aliphatic rings.